The number of H-pyrrole nitrogens is 1. The Bertz CT molecular complexity index is 350. The Balaban J connectivity index is 0. The zero-order valence-corrected chi connectivity index (χ0v) is 12.1. The molecule has 16 heavy (non-hydrogen) atoms. The van der Waals surface area contributed by atoms with Gasteiger partial charge >= 0.3 is 21.7 Å². The van der Waals surface area contributed by atoms with E-state index in [1.54, 1.807) is 11.1 Å². The summed E-state index contributed by atoms with van der Waals surface area (Å²) >= 11 is 0. The Morgan fingerprint density at radius 3 is 2.25 bits per heavy atom. The van der Waals surface area contributed by atoms with Crippen LogP contribution in [0.5, 0.6) is 0 Å². The molecule has 2 aromatic rings. The summed E-state index contributed by atoms with van der Waals surface area (Å²) in [5.41, 5.74) is 4.30. The van der Waals surface area contributed by atoms with E-state index in [1.807, 2.05) is 19.2 Å². The van der Waals surface area contributed by atoms with Gasteiger partial charge in [-0.2, -0.15) is 35.0 Å². The van der Waals surface area contributed by atoms with Gasteiger partial charge in [0.15, 0.2) is 0 Å². The third-order valence-electron chi connectivity index (χ3n) is 2.36. The molecule has 0 fully saturated rings. The molecular formula is C12H13Cl2NTi. The Kier molecular flexibility index (Phi) is 10.3. The van der Waals surface area contributed by atoms with Crippen LogP contribution in [0.2, 0.25) is 0 Å². The SMILES string of the molecule is Cc1[c-][nH]cc1.[Cl-].[Cl-].[Ti+4].c1cc2[c-](c1)CC2. The zero-order chi connectivity index (χ0) is 9.10. The van der Waals surface area contributed by atoms with Crippen LogP contribution in [0.4, 0.5) is 0 Å². The van der Waals surface area contributed by atoms with Gasteiger partial charge in [-0.1, -0.05) is 19.8 Å². The average Bonchev–Trinajstić information content (AvgIpc) is 2.64. The van der Waals surface area contributed by atoms with E-state index >= 15 is 0 Å². The molecule has 1 aliphatic rings. The molecule has 0 saturated heterocycles. The zero-order valence-electron chi connectivity index (χ0n) is 9.06. The fourth-order valence-corrected chi connectivity index (χ4v) is 1.44. The summed E-state index contributed by atoms with van der Waals surface area (Å²) in [4.78, 5) is 2.80. The molecule has 84 valence electrons. The van der Waals surface area contributed by atoms with Crippen molar-refractivity contribution >= 4 is 0 Å². The molecule has 3 rings (SSSR count). The molecule has 1 aromatic carbocycles. The maximum absolute atomic E-state index is 2.88. The second-order valence-electron chi connectivity index (χ2n) is 3.36. The first-order valence-electron chi connectivity index (χ1n) is 4.61. The second-order valence-corrected chi connectivity index (χ2v) is 3.36. The quantitative estimate of drug-likeness (QED) is 0.385. The summed E-state index contributed by atoms with van der Waals surface area (Å²) in [6.45, 7) is 2.00. The molecule has 0 amide bonds. The molecule has 4 heteroatoms. The van der Waals surface area contributed by atoms with Crippen molar-refractivity contribution < 1.29 is 46.5 Å². The normalized spacial score (nSPS) is 10.1. The summed E-state index contributed by atoms with van der Waals surface area (Å²) in [5.74, 6) is 0. The molecule has 1 heterocycles. The Morgan fingerprint density at radius 2 is 2.06 bits per heavy atom. The van der Waals surface area contributed by atoms with Crippen LogP contribution in [-0.4, -0.2) is 4.98 Å². The molecule has 0 radical (unpaired) electrons. The molecule has 1 aliphatic carbocycles. The maximum atomic E-state index is 2.88. The van der Waals surface area contributed by atoms with Gasteiger partial charge in [-0.25, -0.2) is 12.1 Å². The van der Waals surface area contributed by atoms with Crippen molar-refractivity contribution in [2.24, 2.45) is 0 Å². The summed E-state index contributed by atoms with van der Waals surface area (Å²) in [6.07, 6.45) is 7.38. The van der Waals surface area contributed by atoms with Crippen molar-refractivity contribution in [2.45, 2.75) is 19.8 Å². The largest absolute Gasteiger partial charge is 4.00 e. The van der Waals surface area contributed by atoms with Crippen molar-refractivity contribution in [3.05, 3.63) is 53.3 Å². The van der Waals surface area contributed by atoms with Gasteiger partial charge in [0.25, 0.3) is 0 Å². The number of aryl methyl sites for hydroxylation is 3. The first-order valence-corrected chi connectivity index (χ1v) is 4.61. The van der Waals surface area contributed by atoms with Gasteiger partial charge < -0.3 is 29.8 Å². The minimum atomic E-state index is 0. The second kappa shape index (κ2) is 9.01. The Morgan fingerprint density at radius 1 is 1.31 bits per heavy atom. The van der Waals surface area contributed by atoms with E-state index in [2.05, 4.69) is 29.4 Å². The van der Waals surface area contributed by atoms with E-state index in [4.69, 9.17) is 0 Å². The standard InChI is InChI=1S/C7H7.C5H6N.2ClH.Ti/c1-2-6-4-5-7(6)3-1;1-5-2-3-6-4-5;;;/h1-3H,4-5H2;2-3,6H,1H3;2*1H;/q2*-1;;;+4/p-2. The van der Waals surface area contributed by atoms with E-state index in [0.29, 0.717) is 0 Å². The number of nitrogens with one attached hydrogen (secondary N) is 1. The van der Waals surface area contributed by atoms with Crippen LogP contribution in [0.1, 0.15) is 16.7 Å². The van der Waals surface area contributed by atoms with E-state index < -0.39 is 0 Å². The summed E-state index contributed by atoms with van der Waals surface area (Å²) in [6, 6.07) is 8.52. The fourth-order valence-electron chi connectivity index (χ4n) is 1.44. The van der Waals surface area contributed by atoms with Crippen molar-refractivity contribution in [1.29, 1.82) is 0 Å². The van der Waals surface area contributed by atoms with E-state index in [1.165, 1.54) is 12.8 Å². The van der Waals surface area contributed by atoms with Gasteiger partial charge in [-0.05, 0) is 0 Å². The summed E-state index contributed by atoms with van der Waals surface area (Å²) in [7, 11) is 0. The number of halogens is 2. The monoisotopic (exact) mass is 289 g/mol. The van der Waals surface area contributed by atoms with Crippen LogP contribution >= 0.6 is 0 Å². The van der Waals surface area contributed by atoms with Gasteiger partial charge in [0, 0.05) is 0 Å². The molecular weight excluding hydrogens is 277 g/mol. The minimum Gasteiger partial charge on any atom is -1.00 e. The molecule has 0 unspecified atom stereocenters. The summed E-state index contributed by atoms with van der Waals surface area (Å²) in [5, 5.41) is 0. The number of aromatic nitrogens is 1. The van der Waals surface area contributed by atoms with E-state index in [0.717, 1.165) is 5.56 Å². The van der Waals surface area contributed by atoms with Crippen LogP contribution in [0.15, 0.2) is 30.5 Å². The first kappa shape index (κ1) is 18.3. The number of rotatable bonds is 0. The van der Waals surface area contributed by atoms with Gasteiger partial charge in [0.05, 0.1) is 0 Å². The molecule has 0 atom stereocenters. The molecule has 1 nitrogen and oxygen atoms in total. The molecule has 1 N–H and O–H groups in total. The van der Waals surface area contributed by atoms with Crippen LogP contribution in [-0.2, 0) is 34.6 Å². The van der Waals surface area contributed by atoms with Crippen molar-refractivity contribution in [2.75, 3.05) is 0 Å². The first-order chi connectivity index (χ1) is 6.36. The predicted molar refractivity (Wildman–Crippen MR) is 53.8 cm³/mol. The summed E-state index contributed by atoms with van der Waals surface area (Å²) < 4.78 is 0. The maximum Gasteiger partial charge on any atom is 4.00 e. The number of fused-ring (bicyclic) bond motifs is 1. The molecule has 0 bridgehead atoms. The van der Waals surface area contributed by atoms with Crippen LogP contribution in [0, 0.1) is 13.1 Å². The number of hydrogen-bond donors (Lipinski definition) is 1. The smallest absolute Gasteiger partial charge is 1.00 e. The third-order valence-corrected chi connectivity index (χ3v) is 2.36. The number of hydrogen-bond acceptors (Lipinski definition) is 0. The number of aromatic amines is 1. The van der Waals surface area contributed by atoms with E-state index in [9.17, 15) is 0 Å². The third kappa shape index (κ3) is 4.84. The van der Waals surface area contributed by atoms with Gasteiger partial charge in [0.1, 0.15) is 0 Å². The predicted octanol–water partition coefficient (Wildman–Crippen LogP) is -3.37. The molecule has 0 spiro atoms. The topological polar surface area (TPSA) is 15.8 Å². The van der Waals surface area contributed by atoms with Gasteiger partial charge in [0.2, 0.25) is 0 Å². The van der Waals surface area contributed by atoms with Crippen LogP contribution in [0.25, 0.3) is 0 Å². The average molecular weight is 290 g/mol. The van der Waals surface area contributed by atoms with Crippen LogP contribution < -0.4 is 24.8 Å². The molecule has 1 aromatic heterocycles. The van der Waals surface area contributed by atoms with Gasteiger partial charge in [-0.3, -0.25) is 0 Å². The minimum absolute atomic E-state index is 0. The van der Waals surface area contributed by atoms with Crippen LogP contribution in [0.3, 0.4) is 0 Å². The molecule has 0 saturated carbocycles. The van der Waals surface area contributed by atoms with Gasteiger partial charge in [-0.15, -0.1) is 6.20 Å². The molecule has 0 aliphatic heterocycles. The van der Waals surface area contributed by atoms with Crippen molar-refractivity contribution in [1.82, 2.24) is 4.98 Å². The Labute approximate surface area is 124 Å². The van der Waals surface area contributed by atoms with E-state index in [-0.39, 0.29) is 46.5 Å². The van der Waals surface area contributed by atoms with Crippen molar-refractivity contribution in [3.63, 3.8) is 0 Å². The van der Waals surface area contributed by atoms with Crippen molar-refractivity contribution in [3.8, 4) is 0 Å². The fraction of sp³-hybridized carbons (Fsp3) is 0.250. The Hall–Kier alpha value is -0.0757.